The van der Waals surface area contributed by atoms with Gasteiger partial charge in [-0.1, -0.05) is 12.1 Å². The molecule has 0 bridgehead atoms. The lowest BCUT2D eigenvalue weighted by Gasteiger charge is -2.31. The molecule has 2 N–H and O–H groups in total. The molecule has 1 aromatic heterocycles. The van der Waals surface area contributed by atoms with Crippen LogP contribution in [0.25, 0.3) is 0 Å². The van der Waals surface area contributed by atoms with Gasteiger partial charge < -0.3 is 24.5 Å². The summed E-state index contributed by atoms with van der Waals surface area (Å²) in [7, 11) is 1.69. The molecule has 3 rings (SSSR count). The topological polar surface area (TPSA) is 68.0 Å². The number of hydrogen-bond acceptors (Lipinski definition) is 4. The molecule has 0 aliphatic heterocycles. The first-order valence-corrected chi connectivity index (χ1v) is 11.5. The fourth-order valence-corrected chi connectivity index (χ4v) is 3.92. The summed E-state index contributed by atoms with van der Waals surface area (Å²) in [5.74, 6) is 2.73. The molecule has 0 spiro atoms. The predicted molar refractivity (Wildman–Crippen MR) is 125 cm³/mol. The molecular weight excluding hydrogens is 390 g/mol. The van der Waals surface area contributed by atoms with Gasteiger partial charge in [-0.15, -0.1) is 0 Å². The van der Waals surface area contributed by atoms with E-state index in [0.29, 0.717) is 24.8 Å². The van der Waals surface area contributed by atoms with E-state index in [2.05, 4.69) is 36.6 Å². The summed E-state index contributed by atoms with van der Waals surface area (Å²) in [6, 6.07) is 12.6. The van der Waals surface area contributed by atoms with Crippen LogP contribution in [0.1, 0.15) is 50.9 Å². The molecule has 1 heterocycles. The number of hydrogen-bond donors (Lipinski definition) is 2. The average molecular weight is 428 g/mol. The molecule has 6 nitrogen and oxygen atoms in total. The molecule has 1 aliphatic rings. The molecule has 0 radical (unpaired) electrons. The predicted octanol–water partition coefficient (Wildman–Crippen LogP) is 4.34. The van der Waals surface area contributed by atoms with Crippen LogP contribution < -0.4 is 15.4 Å². The first kappa shape index (κ1) is 23.2. The number of ether oxygens (including phenoxy) is 2. The van der Waals surface area contributed by atoms with Crippen LogP contribution in [-0.4, -0.2) is 44.4 Å². The van der Waals surface area contributed by atoms with Gasteiger partial charge in [0.15, 0.2) is 5.96 Å². The molecule has 0 atom stereocenters. The third-order valence-electron chi connectivity index (χ3n) is 5.55. The standard InChI is InChI=1S/C25H37N3O3/c1-19(2)31-24-12-8-21(9-13-24)28-25(27-17-15-23-5-4-18-30-23)26-16-14-20-6-10-22(29-3)11-7-20/h4-7,10-11,18-19,21,24H,8-9,12-17H2,1-3H3,(H2,26,27,28). The van der Waals surface area contributed by atoms with Crippen molar-refractivity contribution < 1.29 is 13.9 Å². The average Bonchev–Trinajstić information content (AvgIpc) is 3.28. The van der Waals surface area contributed by atoms with Crippen molar-refractivity contribution >= 4 is 5.96 Å². The monoisotopic (exact) mass is 427 g/mol. The normalized spacial score (nSPS) is 19.4. The van der Waals surface area contributed by atoms with E-state index in [1.54, 1.807) is 13.4 Å². The Morgan fingerprint density at radius 3 is 2.52 bits per heavy atom. The van der Waals surface area contributed by atoms with E-state index in [1.807, 2.05) is 24.3 Å². The van der Waals surface area contributed by atoms with Gasteiger partial charge in [0.2, 0.25) is 0 Å². The highest BCUT2D eigenvalue weighted by molar-refractivity contribution is 5.80. The van der Waals surface area contributed by atoms with E-state index in [4.69, 9.17) is 18.9 Å². The Kier molecular flexibility index (Phi) is 9.28. The fraction of sp³-hybridized carbons (Fsp3) is 0.560. The second kappa shape index (κ2) is 12.4. The Bertz CT molecular complexity index is 764. The van der Waals surface area contributed by atoms with Crippen LogP contribution >= 0.6 is 0 Å². The Hall–Kier alpha value is -2.47. The van der Waals surface area contributed by atoms with Crippen molar-refractivity contribution in [1.82, 2.24) is 10.6 Å². The first-order valence-electron chi connectivity index (χ1n) is 11.5. The minimum absolute atomic E-state index is 0.299. The summed E-state index contributed by atoms with van der Waals surface area (Å²) in [4.78, 5) is 4.80. The number of nitrogens with zero attached hydrogens (tertiary/aromatic N) is 1. The molecule has 2 aromatic rings. The molecule has 31 heavy (non-hydrogen) atoms. The summed E-state index contributed by atoms with van der Waals surface area (Å²) >= 11 is 0. The molecule has 0 saturated heterocycles. The van der Waals surface area contributed by atoms with E-state index in [9.17, 15) is 0 Å². The molecule has 1 aromatic carbocycles. The molecule has 1 saturated carbocycles. The SMILES string of the molecule is COc1ccc(CCNC(=NCCc2ccco2)NC2CCC(OC(C)C)CC2)cc1. The van der Waals surface area contributed by atoms with Gasteiger partial charge >= 0.3 is 0 Å². The van der Waals surface area contributed by atoms with Gasteiger partial charge in [0.05, 0.1) is 25.6 Å². The van der Waals surface area contributed by atoms with E-state index in [1.165, 1.54) is 5.56 Å². The van der Waals surface area contributed by atoms with Crippen molar-refractivity contribution in [3.05, 3.63) is 54.0 Å². The minimum atomic E-state index is 0.299. The van der Waals surface area contributed by atoms with Gasteiger partial charge in [-0.25, -0.2) is 0 Å². The summed E-state index contributed by atoms with van der Waals surface area (Å²) in [5, 5.41) is 7.16. The summed E-state index contributed by atoms with van der Waals surface area (Å²) in [6.07, 6.45) is 8.54. The Labute approximate surface area is 186 Å². The van der Waals surface area contributed by atoms with Gasteiger partial charge in [0.1, 0.15) is 11.5 Å². The maximum atomic E-state index is 5.99. The van der Waals surface area contributed by atoms with Crippen LogP contribution in [0.2, 0.25) is 0 Å². The molecular formula is C25H37N3O3. The first-order chi connectivity index (χ1) is 15.1. The molecule has 1 fully saturated rings. The Balaban J connectivity index is 1.50. The smallest absolute Gasteiger partial charge is 0.191 e. The van der Waals surface area contributed by atoms with Crippen LogP contribution in [0.4, 0.5) is 0 Å². The van der Waals surface area contributed by atoms with Gasteiger partial charge in [0, 0.05) is 25.6 Å². The highest BCUT2D eigenvalue weighted by Crippen LogP contribution is 2.22. The van der Waals surface area contributed by atoms with E-state index >= 15 is 0 Å². The lowest BCUT2D eigenvalue weighted by molar-refractivity contribution is -0.0152. The summed E-state index contributed by atoms with van der Waals surface area (Å²) < 4.78 is 16.7. The molecule has 6 heteroatoms. The van der Waals surface area contributed by atoms with Crippen molar-refractivity contribution in [3.63, 3.8) is 0 Å². The van der Waals surface area contributed by atoms with Crippen molar-refractivity contribution in [2.45, 2.75) is 70.6 Å². The van der Waals surface area contributed by atoms with Crippen LogP contribution in [0.3, 0.4) is 0 Å². The Morgan fingerprint density at radius 1 is 1.10 bits per heavy atom. The lowest BCUT2D eigenvalue weighted by atomic mass is 9.93. The highest BCUT2D eigenvalue weighted by Gasteiger charge is 2.23. The highest BCUT2D eigenvalue weighted by atomic mass is 16.5. The number of rotatable bonds is 10. The number of furan rings is 1. The third kappa shape index (κ3) is 8.29. The molecule has 1 aliphatic carbocycles. The zero-order chi connectivity index (χ0) is 21.9. The number of guanidine groups is 1. The van der Waals surface area contributed by atoms with Crippen LogP contribution in [0.15, 0.2) is 52.1 Å². The van der Waals surface area contributed by atoms with Crippen LogP contribution in [0.5, 0.6) is 5.75 Å². The lowest BCUT2D eigenvalue weighted by Crippen LogP contribution is -2.46. The van der Waals surface area contributed by atoms with Crippen molar-refractivity contribution in [3.8, 4) is 5.75 Å². The third-order valence-corrected chi connectivity index (χ3v) is 5.55. The minimum Gasteiger partial charge on any atom is -0.497 e. The second-order valence-electron chi connectivity index (χ2n) is 8.39. The van der Waals surface area contributed by atoms with E-state index in [-0.39, 0.29) is 0 Å². The Morgan fingerprint density at radius 2 is 1.87 bits per heavy atom. The van der Waals surface area contributed by atoms with Gasteiger partial charge in [0.25, 0.3) is 0 Å². The maximum absolute atomic E-state index is 5.99. The zero-order valence-electron chi connectivity index (χ0n) is 19.1. The van der Waals surface area contributed by atoms with E-state index in [0.717, 1.165) is 62.5 Å². The number of aliphatic imine (C=N–C) groups is 1. The van der Waals surface area contributed by atoms with Crippen molar-refractivity contribution in [2.24, 2.45) is 4.99 Å². The maximum Gasteiger partial charge on any atom is 0.191 e. The van der Waals surface area contributed by atoms with Gasteiger partial charge in [-0.05, 0) is 75.8 Å². The van der Waals surface area contributed by atoms with Crippen LogP contribution in [-0.2, 0) is 17.6 Å². The molecule has 170 valence electrons. The van der Waals surface area contributed by atoms with E-state index < -0.39 is 0 Å². The quantitative estimate of drug-likeness (QED) is 0.436. The fourth-order valence-electron chi connectivity index (χ4n) is 3.92. The van der Waals surface area contributed by atoms with Crippen molar-refractivity contribution in [1.29, 1.82) is 0 Å². The number of methoxy groups -OCH3 is 1. The van der Waals surface area contributed by atoms with Crippen molar-refractivity contribution in [2.75, 3.05) is 20.2 Å². The number of benzene rings is 1. The number of nitrogens with one attached hydrogen (secondary N) is 2. The van der Waals surface area contributed by atoms with Crippen LogP contribution in [0, 0.1) is 0 Å². The molecule has 0 amide bonds. The summed E-state index contributed by atoms with van der Waals surface area (Å²) in [5.41, 5.74) is 1.27. The second-order valence-corrected chi connectivity index (χ2v) is 8.39. The van der Waals surface area contributed by atoms with Gasteiger partial charge in [-0.2, -0.15) is 0 Å². The van der Waals surface area contributed by atoms with Gasteiger partial charge in [-0.3, -0.25) is 4.99 Å². The summed E-state index contributed by atoms with van der Waals surface area (Å²) in [6.45, 7) is 5.74. The largest absolute Gasteiger partial charge is 0.497 e. The zero-order valence-corrected chi connectivity index (χ0v) is 19.1. The molecule has 0 unspecified atom stereocenters.